The van der Waals surface area contributed by atoms with Gasteiger partial charge >= 0.3 is 0 Å². The van der Waals surface area contributed by atoms with Crippen molar-refractivity contribution in [1.29, 1.82) is 0 Å². The molecule has 5 aromatic rings. The lowest BCUT2D eigenvalue weighted by atomic mass is 9.90. The molecule has 2 aromatic heterocycles. The second-order valence-electron chi connectivity index (χ2n) is 10.5. The fraction of sp³-hybridized carbons (Fsp3) is 0.312. The van der Waals surface area contributed by atoms with Crippen molar-refractivity contribution in [2.45, 2.75) is 39.5 Å². The van der Waals surface area contributed by atoms with Gasteiger partial charge in [-0.15, -0.1) is 10.2 Å². The fourth-order valence-corrected chi connectivity index (χ4v) is 5.44. The summed E-state index contributed by atoms with van der Waals surface area (Å²) in [6.45, 7) is 6.41. The first-order valence-electron chi connectivity index (χ1n) is 14.1. The number of benzene rings is 3. The van der Waals surface area contributed by atoms with Crippen LogP contribution in [0.3, 0.4) is 0 Å². The van der Waals surface area contributed by atoms with Crippen molar-refractivity contribution in [3.63, 3.8) is 0 Å². The number of hydrogen-bond acceptors (Lipinski definition) is 8. The van der Waals surface area contributed by atoms with Crippen LogP contribution in [-0.4, -0.2) is 39.9 Å². The standard InChI is InChI=1S/C32H33FN6O2/c1-3-40-30-18-29-26(17-25(30)14-21-9-11-34-12-10-21)31(36-19-35-29)37-28-8-7-23(16-27(28)33)13-22-5-4-6-24(15-22)32-39-38-20(2)41-32/h4-8,15-19,21,34H,3,9-14H2,1-2H3,(H,35,36,37). The molecule has 0 bridgehead atoms. The zero-order chi connectivity index (χ0) is 28.2. The number of aryl methyl sites for hydroxylation is 1. The minimum atomic E-state index is -0.348. The van der Waals surface area contributed by atoms with Crippen LogP contribution in [0.5, 0.6) is 5.75 Å². The van der Waals surface area contributed by atoms with Crippen LogP contribution in [0.4, 0.5) is 15.9 Å². The minimum Gasteiger partial charge on any atom is -0.494 e. The minimum absolute atomic E-state index is 0.348. The Morgan fingerprint density at radius 3 is 2.66 bits per heavy atom. The third-order valence-corrected chi connectivity index (χ3v) is 7.48. The van der Waals surface area contributed by atoms with Crippen molar-refractivity contribution < 1.29 is 13.5 Å². The quantitative estimate of drug-likeness (QED) is 0.217. The van der Waals surface area contributed by atoms with Gasteiger partial charge in [0.25, 0.3) is 0 Å². The van der Waals surface area contributed by atoms with Crippen molar-refractivity contribution >= 4 is 22.4 Å². The zero-order valence-electron chi connectivity index (χ0n) is 23.3. The highest BCUT2D eigenvalue weighted by atomic mass is 19.1. The van der Waals surface area contributed by atoms with E-state index in [1.54, 1.807) is 19.1 Å². The number of nitrogens with one attached hydrogen (secondary N) is 2. The summed E-state index contributed by atoms with van der Waals surface area (Å²) in [6.07, 6.45) is 5.26. The molecule has 1 aliphatic rings. The highest BCUT2D eigenvalue weighted by Gasteiger charge is 2.18. The average Bonchev–Trinajstić information content (AvgIpc) is 3.42. The second kappa shape index (κ2) is 12.0. The Morgan fingerprint density at radius 1 is 1.02 bits per heavy atom. The van der Waals surface area contributed by atoms with E-state index in [-0.39, 0.29) is 5.82 Å². The lowest BCUT2D eigenvalue weighted by molar-refractivity contribution is 0.327. The van der Waals surface area contributed by atoms with Gasteiger partial charge in [0.2, 0.25) is 11.8 Å². The molecule has 0 saturated carbocycles. The maximum Gasteiger partial charge on any atom is 0.247 e. The monoisotopic (exact) mass is 552 g/mol. The molecule has 3 heterocycles. The van der Waals surface area contributed by atoms with Crippen LogP contribution in [-0.2, 0) is 12.8 Å². The van der Waals surface area contributed by atoms with Gasteiger partial charge in [-0.3, -0.25) is 0 Å². The average molecular weight is 553 g/mol. The number of hydrogen-bond donors (Lipinski definition) is 2. The third-order valence-electron chi connectivity index (χ3n) is 7.48. The van der Waals surface area contributed by atoms with Gasteiger partial charge in [0.1, 0.15) is 23.7 Å². The van der Waals surface area contributed by atoms with E-state index in [1.807, 2.05) is 43.3 Å². The third kappa shape index (κ3) is 6.20. The summed E-state index contributed by atoms with van der Waals surface area (Å²) in [4.78, 5) is 8.96. The molecule has 1 fully saturated rings. The molecule has 0 atom stereocenters. The Morgan fingerprint density at radius 2 is 1.88 bits per heavy atom. The van der Waals surface area contributed by atoms with E-state index in [0.29, 0.717) is 42.2 Å². The van der Waals surface area contributed by atoms with Gasteiger partial charge in [0, 0.05) is 23.9 Å². The number of anilines is 2. The SMILES string of the molecule is CCOc1cc2ncnc(Nc3ccc(Cc4cccc(-c5nnc(C)o5)c4)cc3F)c2cc1CC1CCNCC1. The van der Waals surface area contributed by atoms with Gasteiger partial charge in [0.15, 0.2) is 0 Å². The Kier molecular flexibility index (Phi) is 7.86. The second-order valence-corrected chi connectivity index (χ2v) is 10.5. The van der Waals surface area contributed by atoms with E-state index in [1.165, 1.54) is 6.33 Å². The van der Waals surface area contributed by atoms with E-state index in [4.69, 9.17) is 9.15 Å². The predicted octanol–water partition coefficient (Wildman–Crippen LogP) is 6.40. The normalized spacial score (nSPS) is 13.9. The van der Waals surface area contributed by atoms with Gasteiger partial charge in [-0.05, 0) is 98.6 Å². The Balaban J connectivity index is 1.24. The first kappa shape index (κ1) is 26.8. The molecule has 6 rings (SSSR count). The molecule has 0 radical (unpaired) electrons. The number of ether oxygens (including phenoxy) is 1. The number of nitrogens with zero attached hydrogens (tertiary/aromatic N) is 4. The van der Waals surface area contributed by atoms with Gasteiger partial charge in [-0.25, -0.2) is 14.4 Å². The smallest absolute Gasteiger partial charge is 0.247 e. The van der Waals surface area contributed by atoms with Gasteiger partial charge in [0.05, 0.1) is 17.8 Å². The molecule has 210 valence electrons. The molecule has 9 heteroatoms. The van der Waals surface area contributed by atoms with Crippen LogP contribution >= 0.6 is 0 Å². The predicted molar refractivity (Wildman–Crippen MR) is 157 cm³/mol. The molecule has 0 unspecified atom stereocenters. The van der Waals surface area contributed by atoms with Crippen molar-refractivity contribution in [2.24, 2.45) is 5.92 Å². The van der Waals surface area contributed by atoms with Crippen LogP contribution in [0.1, 0.15) is 42.3 Å². The molecule has 3 aromatic carbocycles. The van der Waals surface area contributed by atoms with E-state index < -0.39 is 0 Å². The van der Waals surface area contributed by atoms with Crippen molar-refractivity contribution in [3.8, 4) is 17.2 Å². The maximum absolute atomic E-state index is 15.4. The van der Waals surface area contributed by atoms with Gasteiger partial charge in [-0.1, -0.05) is 18.2 Å². The molecule has 0 spiro atoms. The first-order valence-corrected chi connectivity index (χ1v) is 14.1. The Bertz CT molecular complexity index is 1660. The Labute approximate surface area is 238 Å². The number of fused-ring (bicyclic) bond motifs is 1. The molecule has 0 amide bonds. The highest BCUT2D eigenvalue weighted by molar-refractivity contribution is 5.92. The fourth-order valence-electron chi connectivity index (χ4n) is 5.44. The number of piperidine rings is 1. The molecular formula is C32H33FN6O2. The highest BCUT2D eigenvalue weighted by Crippen LogP contribution is 2.33. The molecule has 1 aliphatic heterocycles. The summed E-state index contributed by atoms with van der Waals surface area (Å²) in [7, 11) is 0. The summed E-state index contributed by atoms with van der Waals surface area (Å²) >= 11 is 0. The van der Waals surface area contributed by atoms with Crippen molar-refractivity contribution in [1.82, 2.24) is 25.5 Å². The van der Waals surface area contributed by atoms with Crippen molar-refractivity contribution in [3.05, 3.63) is 89.3 Å². The van der Waals surface area contributed by atoms with Crippen LogP contribution in [0.25, 0.3) is 22.4 Å². The lowest BCUT2D eigenvalue weighted by Gasteiger charge is -2.24. The number of aromatic nitrogens is 4. The van der Waals surface area contributed by atoms with E-state index >= 15 is 4.39 Å². The largest absolute Gasteiger partial charge is 0.494 e. The summed E-state index contributed by atoms with van der Waals surface area (Å²) in [6, 6.07) is 17.2. The van der Waals surface area contributed by atoms with E-state index in [0.717, 1.165) is 71.3 Å². The molecule has 0 aliphatic carbocycles. The van der Waals surface area contributed by atoms with Crippen LogP contribution in [0.15, 0.2) is 65.3 Å². The molecule has 2 N–H and O–H groups in total. The summed E-state index contributed by atoms with van der Waals surface area (Å²) in [5.41, 5.74) is 4.96. The zero-order valence-corrected chi connectivity index (χ0v) is 23.3. The first-order chi connectivity index (χ1) is 20.1. The van der Waals surface area contributed by atoms with E-state index in [2.05, 4.69) is 36.9 Å². The van der Waals surface area contributed by atoms with Gasteiger partial charge in [-0.2, -0.15) is 0 Å². The number of halogens is 1. The molecule has 8 nitrogen and oxygen atoms in total. The molecule has 41 heavy (non-hydrogen) atoms. The van der Waals surface area contributed by atoms with Gasteiger partial charge < -0.3 is 19.8 Å². The van der Waals surface area contributed by atoms with Crippen LogP contribution in [0, 0.1) is 18.7 Å². The summed E-state index contributed by atoms with van der Waals surface area (Å²) in [5, 5.41) is 15.5. The van der Waals surface area contributed by atoms with Crippen LogP contribution in [0.2, 0.25) is 0 Å². The molecular weight excluding hydrogens is 519 g/mol. The topological polar surface area (TPSA) is 98.0 Å². The summed E-state index contributed by atoms with van der Waals surface area (Å²) in [5.74, 6) is 2.66. The van der Waals surface area contributed by atoms with Crippen molar-refractivity contribution in [2.75, 3.05) is 25.0 Å². The summed E-state index contributed by atoms with van der Waals surface area (Å²) < 4.78 is 26.9. The van der Waals surface area contributed by atoms with Crippen LogP contribution < -0.4 is 15.4 Å². The maximum atomic E-state index is 15.4. The Hall–Kier alpha value is -4.37. The molecule has 1 saturated heterocycles. The van der Waals surface area contributed by atoms with E-state index in [9.17, 15) is 0 Å². The lowest BCUT2D eigenvalue weighted by Crippen LogP contribution is -2.28. The number of rotatable bonds is 9.